The average molecular weight is 347 g/mol. The van der Waals surface area contributed by atoms with Crippen LogP contribution in [0.1, 0.15) is 58.0 Å². The molecule has 1 aromatic rings. The largest absolute Gasteiger partial charge is 0.369 e. The summed E-state index contributed by atoms with van der Waals surface area (Å²) >= 11 is 2.35. The maximum Gasteiger partial charge on any atom is 0.143 e. The van der Waals surface area contributed by atoms with Gasteiger partial charge in [-0.15, -0.1) is 0 Å². The van der Waals surface area contributed by atoms with Crippen LogP contribution in [0.3, 0.4) is 0 Å². The predicted molar refractivity (Wildman–Crippen MR) is 81.6 cm³/mol. The molecule has 4 heteroatoms. The van der Waals surface area contributed by atoms with E-state index in [1.54, 1.807) is 0 Å². The van der Waals surface area contributed by atoms with Gasteiger partial charge in [0.25, 0.3) is 0 Å². The topological polar surface area (TPSA) is 37.8 Å². The lowest BCUT2D eigenvalue weighted by molar-refractivity contribution is 0.670. The summed E-state index contributed by atoms with van der Waals surface area (Å²) in [6, 6.07) is 0. The SMILES string of the molecule is CCCNc1nc(C(C)CC)nc(CC)c1I. The number of hydrogen-bond donors (Lipinski definition) is 1. The Morgan fingerprint density at radius 1 is 1.24 bits per heavy atom. The molecule has 1 aromatic heterocycles. The van der Waals surface area contributed by atoms with E-state index in [1.165, 1.54) is 3.57 Å². The van der Waals surface area contributed by atoms with Gasteiger partial charge in [-0.25, -0.2) is 9.97 Å². The Hall–Kier alpha value is -0.390. The second kappa shape index (κ2) is 7.13. The molecule has 0 aliphatic rings. The summed E-state index contributed by atoms with van der Waals surface area (Å²) in [6.07, 6.45) is 3.15. The molecule has 96 valence electrons. The first-order valence-corrected chi connectivity index (χ1v) is 7.51. The number of nitrogens with zero attached hydrogens (tertiary/aromatic N) is 2. The fourth-order valence-corrected chi connectivity index (χ4v) is 2.32. The molecule has 0 amide bonds. The molecule has 0 bridgehead atoms. The van der Waals surface area contributed by atoms with Crippen LogP contribution in [0.2, 0.25) is 0 Å². The summed E-state index contributed by atoms with van der Waals surface area (Å²) in [4.78, 5) is 9.33. The summed E-state index contributed by atoms with van der Waals surface area (Å²) in [6.45, 7) is 9.64. The van der Waals surface area contributed by atoms with Gasteiger partial charge in [-0.05, 0) is 41.9 Å². The number of anilines is 1. The summed E-state index contributed by atoms with van der Waals surface area (Å²) < 4.78 is 1.17. The van der Waals surface area contributed by atoms with Crippen molar-refractivity contribution in [3.63, 3.8) is 0 Å². The zero-order valence-corrected chi connectivity index (χ0v) is 13.3. The molecule has 1 unspecified atom stereocenters. The minimum atomic E-state index is 0.430. The van der Waals surface area contributed by atoms with Crippen molar-refractivity contribution in [1.82, 2.24) is 9.97 Å². The van der Waals surface area contributed by atoms with Crippen molar-refractivity contribution < 1.29 is 0 Å². The third kappa shape index (κ3) is 3.79. The minimum Gasteiger partial charge on any atom is -0.369 e. The van der Waals surface area contributed by atoms with Gasteiger partial charge in [-0.2, -0.15) is 0 Å². The van der Waals surface area contributed by atoms with E-state index in [4.69, 9.17) is 0 Å². The van der Waals surface area contributed by atoms with Gasteiger partial charge in [0.2, 0.25) is 0 Å². The first-order chi connectivity index (χ1) is 8.13. The monoisotopic (exact) mass is 347 g/mol. The molecule has 0 spiro atoms. The Morgan fingerprint density at radius 2 is 1.94 bits per heavy atom. The Bertz CT molecular complexity index is 366. The van der Waals surface area contributed by atoms with Crippen molar-refractivity contribution >= 4 is 28.4 Å². The zero-order valence-electron chi connectivity index (χ0n) is 11.2. The van der Waals surface area contributed by atoms with E-state index >= 15 is 0 Å². The fraction of sp³-hybridized carbons (Fsp3) is 0.692. The zero-order chi connectivity index (χ0) is 12.8. The second-order valence-electron chi connectivity index (χ2n) is 4.28. The molecule has 17 heavy (non-hydrogen) atoms. The standard InChI is InChI=1S/C13H22IN3/c1-5-8-15-13-11(14)10(7-3)16-12(17-13)9(4)6-2/h9H,5-8H2,1-4H3,(H,15,16,17). The van der Waals surface area contributed by atoms with E-state index in [0.717, 1.165) is 43.1 Å². The van der Waals surface area contributed by atoms with Crippen molar-refractivity contribution in [2.45, 2.75) is 52.9 Å². The van der Waals surface area contributed by atoms with Crippen LogP contribution in [0.25, 0.3) is 0 Å². The van der Waals surface area contributed by atoms with Gasteiger partial charge in [0.1, 0.15) is 11.6 Å². The van der Waals surface area contributed by atoms with Crippen molar-refractivity contribution in [2.24, 2.45) is 0 Å². The summed E-state index contributed by atoms with van der Waals surface area (Å²) in [5, 5.41) is 3.40. The number of halogens is 1. The highest BCUT2D eigenvalue weighted by Gasteiger charge is 2.14. The highest BCUT2D eigenvalue weighted by molar-refractivity contribution is 14.1. The lowest BCUT2D eigenvalue weighted by Gasteiger charge is -2.14. The van der Waals surface area contributed by atoms with E-state index in [9.17, 15) is 0 Å². The molecule has 0 aromatic carbocycles. The molecule has 0 aliphatic carbocycles. The van der Waals surface area contributed by atoms with Crippen molar-refractivity contribution in [3.05, 3.63) is 15.1 Å². The summed E-state index contributed by atoms with van der Waals surface area (Å²) in [5.41, 5.74) is 1.16. The van der Waals surface area contributed by atoms with E-state index in [2.05, 4.69) is 65.6 Å². The Balaban J connectivity index is 3.09. The van der Waals surface area contributed by atoms with Crippen LogP contribution < -0.4 is 5.32 Å². The fourth-order valence-electron chi connectivity index (χ4n) is 1.51. The second-order valence-corrected chi connectivity index (χ2v) is 5.36. The van der Waals surface area contributed by atoms with Crippen LogP contribution >= 0.6 is 22.6 Å². The van der Waals surface area contributed by atoms with Crippen molar-refractivity contribution in [2.75, 3.05) is 11.9 Å². The normalized spacial score (nSPS) is 12.5. The smallest absolute Gasteiger partial charge is 0.143 e. The molecule has 0 radical (unpaired) electrons. The van der Waals surface area contributed by atoms with Gasteiger partial charge in [-0.3, -0.25) is 0 Å². The molecule has 1 heterocycles. The Labute approximate surface area is 118 Å². The van der Waals surface area contributed by atoms with E-state index in [1.807, 2.05) is 0 Å². The lowest BCUT2D eigenvalue weighted by Crippen LogP contribution is -2.11. The number of nitrogens with one attached hydrogen (secondary N) is 1. The van der Waals surface area contributed by atoms with Crippen LogP contribution in [0.15, 0.2) is 0 Å². The van der Waals surface area contributed by atoms with E-state index in [0.29, 0.717) is 5.92 Å². The first kappa shape index (κ1) is 14.7. The molecular weight excluding hydrogens is 325 g/mol. The highest BCUT2D eigenvalue weighted by atomic mass is 127. The summed E-state index contributed by atoms with van der Waals surface area (Å²) in [7, 11) is 0. The van der Waals surface area contributed by atoms with Gasteiger partial charge in [0.05, 0.1) is 9.26 Å². The van der Waals surface area contributed by atoms with Gasteiger partial charge in [-0.1, -0.05) is 27.7 Å². The van der Waals surface area contributed by atoms with Gasteiger partial charge >= 0.3 is 0 Å². The molecule has 1 atom stereocenters. The number of aryl methyl sites for hydroxylation is 1. The molecule has 3 nitrogen and oxygen atoms in total. The summed E-state index contributed by atoms with van der Waals surface area (Å²) in [5.74, 6) is 2.41. The van der Waals surface area contributed by atoms with E-state index in [-0.39, 0.29) is 0 Å². The molecule has 0 aliphatic heterocycles. The van der Waals surface area contributed by atoms with Crippen molar-refractivity contribution in [3.8, 4) is 0 Å². The number of hydrogen-bond acceptors (Lipinski definition) is 3. The average Bonchev–Trinajstić information content (AvgIpc) is 2.36. The molecule has 1 N–H and O–H groups in total. The van der Waals surface area contributed by atoms with Crippen LogP contribution in [0, 0.1) is 3.57 Å². The molecule has 0 saturated heterocycles. The predicted octanol–water partition coefficient (Wildman–Crippen LogP) is 3.98. The van der Waals surface area contributed by atoms with Gasteiger partial charge in [0.15, 0.2) is 0 Å². The third-order valence-corrected chi connectivity index (χ3v) is 4.00. The minimum absolute atomic E-state index is 0.430. The number of rotatable bonds is 6. The van der Waals surface area contributed by atoms with Crippen LogP contribution in [0.5, 0.6) is 0 Å². The molecule has 0 saturated carbocycles. The lowest BCUT2D eigenvalue weighted by atomic mass is 10.1. The maximum absolute atomic E-state index is 4.67. The van der Waals surface area contributed by atoms with Crippen molar-refractivity contribution in [1.29, 1.82) is 0 Å². The first-order valence-electron chi connectivity index (χ1n) is 6.44. The van der Waals surface area contributed by atoms with Crippen LogP contribution in [-0.4, -0.2) is 16.5 Å². The van der Waals surface area contributed by atoms with E-state index < -0.39 is 0 Å². The molecule has 1 rings (SSSR count). The van der Waals surface area contributed by atoms with Gasteiger partial charge < -0.3 is 5.32 Å². The number of aromatic nitrogens is 2. The Kier molecular flexibility index (Phi) is 6.16. The van der Waals surface area contributed by atoms with Gasteiger partial charge in [0, 0.05) is 12.5 Å². The highest BCUT2D eigenvalue weighted by Crippen LogP contribution is 2.23. The Morgan fingerprint density at radius 3 is 2.47 bits per heavy atom. The quantitative estimate of drug-likeness (QED) is 0.791. The maximum atomic E-state index is 4.67. The molecular formula is C13H22IN3. The van der Waals surface area contributed by atoms with Crippen LogP contribution in [0.4, 0.5) is 5.82 Å². The molecule has 0 fully saturated rings. The third-order valence-electron chi connectivity index (χ3n) is 2.87. The van der Waals surface area contributed by atoms with Crippen LogP contribution in [-0.2, 0) is 6.42 Å².